The molecule has 1 aromatic heterocycles. The Hall–Kier alpha value is -4.00. The summed E-state index contributed by atoms with van der Waals surface area (Å²) in [6, 6.07) is 19.5. The lowest BCUT2D eigenvalue weighted by atomic mass is 10.1. The van der Waals surface area contributed by atoms with E-state index in [1.165, 1.54) is 0 Å². The van der Waals surface area contributed by atoms with Gasteiger partial charge < -0.3 is 15.4 Å². The van der Waals surface area contributed by atoms with Crippen molar-refractivity contribution in [3.8, 4) is 0 Å². The Kier molecular flexibility index (Phi) is 8.50. The van der Waals surface area contributed by atoms with Crippen LogP contribution in [0.1, 0.15) is 23.9 Å². The monoisotopic (exact) mass is 430 g/mol. The number of benzene rings is 2. The number of nitrogens with one attached hydrogen (secondary N) is 2. The second-order valence-corrected chi connectivity index (χ2v) is 7.21. The van der Waals surface area contributed by atoms with Crippen LogP contribution >= 0.6 is 0 Å². The van der Waals surface area contributed by atoms with Crippen LogP contribution in [-0.4, -0.2) is 34.1 Å². The Bertz CT molecular complexity index is 1010. The van der Waals surface area contributed by atoms with Gasteiger partial charge in [-0.3, -0.25) is 4.79 Å². The van der Waals surface area contributed by atoms with Crippen molar-refractivity contribution >= 4 is 18.1 Å². The smallest absolute Gasteiger partial charge is 0.408 e. The topological polar surface area (TPSA) is 93.2 Å². The molecule has 0 aliphatic carbocycles. The summed E-state index contributed by atoms with van der Waals surface area (Å²) in [6.45, 7) is 1.97. The van der Waals surface area contributed by atoms with E-state index in [-0.39, 0.29) is 18.6 Å². The summed E-state index contributed by atoms with van der Waals surface area (Å²) >= 11 is 0. The third-order valence-corrected chi connectivity index (χ3v) is 4.59. The lowest BCUT2D eigenvalue weighted by molar-refractivity contribution is -0.123. The van der Waals surface area contributed by atoms with E-state index in [1.54, 1.807) is 30.6 Å². The van der Waals surface area contributed by atoms with E-state index in [2.05, 4.69) is 20.6 Å². The van der Waals surface area contributed by atoms with Gasteiger partial charge in [0.2, 0.25) is 5.91 Å². The fourth-order valence-electron chi connectivity index (χ4n) is 2.97. The van der Waals surface area contributed by atoms with Crippen LogP contribution < -0.4 is 10.6 Å². The summed E-state index contributed by atoms with van der Waals surface area (Å²) in [5.41, 5.74) is 1.80. The molecule has 32 heavy (non-hydrogen) atoms. The Morgan fingerprint density at radius 2 is 1.53 bits per heavy atom. The highest BCUT2D eigenvalue weighted by Crippen LogP contribution is 2.06. The van der Waals surface area contributed by atoms with E-state index in [9.17, 15) is 9.59 Å². The normalized spacial score (nSPS) is 12.7. The summed E-state index contributed by atoms with van der Waals surface area (Å²) in [4.78, 5) is 33.5. The molecule has 7 nitrogen and oxygen atoms in total. The van der Waals surface area contributed by atoms with Gasteiger partial charge in [-0.05, 0) is 30.2 Å². The Labute approximate surface area is 187 Å². The van der Waals surface area contributed by atoms with Gasteiger partial charge in [0.05, 0.1) is 0 Å². The molecule has 0 radical (unpaired) electrons. The maximum Gasteiger partial charge on any atom is 0.408 e. The van der Waals surface area contributed by atoms with Crippen molar-refractivity contribution in [2.24, 2.45) is 0 Å². The first-order valence-corrected chi connectivity index (χ1v) is 10.4. The minimum absolute atomic E-state index is 0.128. The molecule has 0 aliphatic rings. The maximum atomic E-state index is 12.9. The Balaban J connectivity index is 1.61. The molecule has 0 fully saturated rings. The molecular formula is C25H26N4O3. The van der Waals surface area contributed by atoms with Crippen molar-refractivity contribution in [2.75, 3.05) is 0 Å². The van der Waals surface area contributed by atoms with Crippen LogP contribution in [0.4, 0.5) is 4.79 Å². The zero-order valence-corrected chi connectivity index (χ0v) is 17.8. The first kappa shape index (κ1) is 22.7. The number of ether oxygens (including phenoxy) is 1. The van der Waals surface area contributed by atoms with Crippen LogP contribution in [0.5, 0.6) is 0 Å². The lowest BCUT2D eigenvalue weighted by Crippen LogP contribution is -2.50. The molecule has 2 unspecified atom stereocenters. The number of aromatic nitrogens is 2. The van der Waals surface area contributed by atoms with Gasteiger partial charge >= 0.3 is 6.09 Å². The molecule has 2 amide bonds. The summed E-state index contributed by atoms with van der Waals surface area (Å²) in [7, 11) is 0. The SMILES string of the molecule is CC(C=Cc1ncccn1)NC(=O)C(Cc1ccccc1)NC(=O)OCc1ccccc1. The molecule has 3 aromatic rings. The van der Waals surface area contributed by atoms with E-state index in [0.717, 1.165) is 11.1 Å². The highest BCUT2D eigenvalue weighted by molar-refractivity contribution is 5.86. The molecule has 0 aliphatic heterocycles. The van der Waals surface area contributed by atoms with E-state index in [0.29, 0.717) is 12.2 Å². The van der Waals surface area contributed by atoms with Gasteiger partial charge in [0.15, 0.2) is 5.82 Å². The third-order valence-electron chi connectivity index (χ3n) is 4.59. The van der Waals surface area contributed by atoms with E-state index >= 15 is 0 Å². The minimum atomic E-state index is -0.788. The van der Waals surface area contributed by atoms with E-state index in [1.807, 2.05) is 67.6 Å². The largest absolute Gasteiger partial charge is 0.445 e. The Morgan fingerprint density at radius 1 is 0.906 bits per heavy atom. The molecule has 2 N–H and O–H groups in total. The molecule has 2 aromatic carbocycles. The van der Waals surface area contributed by atoms with Gasteiger partial charge in [0, 0.05) is 24.9 Å². The summed E-state index contributed by atoms with van der Waals surface area (Å²) in [5.74, 6) is 0.244. The highest BCUT2D eigenvalue weighted by atomic mass is 16.5. The number of rotatable bonds is 9. The average molecular weight is 431 g/mol. The number of nitrogens with zero attached hydrogens (tertiary/aromatic N) is 2. The molecule has 1 heterocycles. The first-order valence-electron chi connectivity index (χ1n) is 10.4. The molecule has 7 heteroatoms. The number of alkyl carbamates (subject to hydrolysis) is 1. The lowest BCUT2D eigenvalue weighted by Gasteiger charge is -2.20. The standard InChI is InChI=1S/C25H26N4O3/c1-19(13-14-23-26-15-8-16-27-23)28-24(30)22(17-20-9-4-2-5-10-20)29-25(31)32-18-21-11-6-3-7-12-21/h2-16,19,22H,17-18H2,1H3,(H,28,30)(H,29,31). The van der Waals surface area contributed by atoms with Crippen molar-refractivity contribution < 1.29 is 14.3 Å². The number of hydrogen-bond acceptors (Lipinski definition) is 5. The highest BCUT2D eigenvalue weighted by Gasteiger charge is 2.23. The molecule has 3 rings (SSSR count). The van der Waals surface area contributed by atoms with Gasteiger partial charge in [0.25, 0.3) is 0 Å². The maximum absolute atomic E-state index is 12.9. The predicted molar refractivity (Wildman–Crippen MR) is 122 cm³/mol. The second-order valence-electron chi connectivity index (χ2n) is 7.21. The number of hydrogen-bond donors (Lipinski definition) is 2. The van der Waals surface area contributed by atoms with Crippen LogP contribution in [0, 0.1) is 0 Å². The first-order chi connectivity index (χ1) is 15.6. The van der Waals surface area contributed by atoms with Gasteiger partial charge in [-0.1, -0.05) is 66.7 Å². The van der Waals surface area contributed by atoms with Crippen molar-refractivity contribution in [3.05, 3.63) is 102 Å². The van der Waals surface area contributed by atoms with Crippen molar-refractivity contribution in [3.63, 3.8) is 0 Å². The Morgan fingerprint density at radius 3 is 2.19 bits per heavy atom. The molecular weight excluding hydrogens is 404 g/mol. The second kappa shape index (κ2) is 12.0. The summed E-state index contributed by atoms with van der Waals surface area (Å²) in [6.07, 6.45) is 6.52. The number of amides is 2. The van der Waals surface area contributed by atoms with Gasteiger partial charge in [-0.2, -0.15) is 0 Å². The van der Waals surface area contributed by atoms with Crippen molar-refractivity contribution in [2.45, 2.75) is 32.0 Å². The zero-order valence-electron chi connectivity index (χ0n) is 17.8. The summed E-state index contributed by atoms with van der Waals surface area (Å²) < 4.78 is 5.30. The van der Waals surface area contributed by atoms with Gasteiger partial charge in [-0.25, -0.2) is 14.8 Å². The van der Waals surface area contributed by atoms with E-state index in [4.69, 9.17) is 4.74 Å². The quantitative estimate of drug-likeness (QED) is 0.542. The van der Waals surface area contributed by atoms with Crippen molar-refractivity contribution in [1.29, 1.82) is 0 Å². The summed E-state index contributed by atoms with van der Waals surface area (Å²) in [5, 5.41) is 5.59. The molecule has 0 saturated carbocycles. The molecule has 0 spiro atoms. The number of carbonyl (C=O) groups excluding carboxylic acids is 2. The molecule has 164 valence electrons. The number of carbonyl (C=O) groups is 2. The molecule has 2 atom stereocenters. The van der Waals surface area contributed by atoms with Gasteiger partial charge in [0.1, 0.15) is 12.6 Å². The van der Waals surface area contributed by atoms with Crippen LogP contribution in [-0.2, 0) is 22.6 Å². The van der Waals surface area contributed by atoms with Crippen LogP contribution in [0.2, 0.25) is 0 Å². The molecule has 0 bridgehead atoms. The fourth-order valence-corrected chi connectivity index (χ4v) is 2.97. The minimum Gasteiger partial charge on any atom is -0.445 e. The van der Waals surface area contributed by atoms with E-state index < -0.39 is 12.1 Å². The van der Waals surface area contributed by atoms with Crippen LogP contribution in [0.15, 0.2) is 85.2 Å². The zero-order chi connectivity index (χ0) is 22.6. The van der Waals surface area contributed by atoms with Gasteiger partial charge in [-0.15, -0.1) is 0 Å². The third kappa shape index (κ3) is 7.68. The van der Waals surface area contributed by atoms with Crippen LogP contribution in [0.25, 0.3) is 6.08 Å². The molecule has 0 saturated heterocycles. The van der Waals surface area contributed by atoms with Crippen LogP contribution in [0.3, 0.4) is 0 Å². The average Bonchev–Trinajstić information content (AvgIpc) is 2.83. The fraction of sp³-hybridized carbons (Fsp3) is 0.200. The predicted octanol–water partition coefficient (Wildman–Crippen LogP) is 3.53. The van der Waals surface area contributed by atoms with Crippen molar-refractivity contribution in [1.82, 2.24) is 20.6 Å².